The number of nitrogens with zero attached hydrogens (tertiary/aromatic N) is 3. The van der Waals surface area contributed by atoms with Gasteiger partial charge in [-0.2, -0.15) is 0 Å². The number of nitrogens with one attached hydrogen (secondary N) is 1. The Morgan fingerprint density at radius 3 is 2.92 bits per heavy atom. The van der Waals surface area contributed by atoms with E-state index in [1.165, 1.54) is 11.8 Å². The molecule has 0 saturated heterocycles. The number of benzene rings is 1. The van der Waals surface area contributed by atoms with Gasteiger partial charge in [0.25, 0.3) is 0 Å². The van der Waals surface area contributed by atoms with Crippen LogP contribution in [0, 0.1) is 6.92 Å². The van der Waals surface area contributed by atoms with Crippen LogP contribution in [0.5, 0.6) is 0 Å². The monoisotopic (exact) mass is 342 g/mol. The first-order valence-electron chi connectivity index (χ1n) is 7.58. The van der Waals surface area contributed by atoms with Gasteiger partial charge in [-0.15, -0.1) is 10.2 Å². The second-order valence-electron chi connectivity index (χ2n) is 5.33. The average Bonchev–Trinajstić information content (AvgIpc) is 3.25. The predicted molar refractivity (Wildman–Crippen MR) is 92.0 cm³/mol. The van der Waals surface area contributed by atoms with Gasteiger partial charge in [-0.1, -0.05) is 30.0 Å². The van der Waals surface area contributed by atoms with Crippen LogP contribution in [0.15, 0.2) is 58.6 Å². The molecule has 0 bridgehead atoms. The van der Waals surface area contributed by atoms with E-state index in [1.807, 2.05) is 48.7 Å². The minimum Gasteiger partial charge on any atom is -0.467 e. The Kier molecular flexibility index (Phi) is 5.00. The molecule has 0 aliphatic carbocycles. The minimum absolute atomic E-state index is 0.0734. The minimum atomic E-state index is -0.299. The second-order valence-corrected chi connectivity index (χ2v) is 6.64. The van der Waals surface area contributed by atoms with Crippen molar-refractivity contribution < 1.29 is 9.21 Å². The number of rotatable bonds is 6. The van der Waals surface area contributed by atoms with E-state index in [2.05, 4.69) is 15.5 Å². The highest BCUT2D eigenvalue weighted by molar-refractivity contribution is 8.00. The molecule has 7 heteroatoms. The van der Waals surface area contributed by atoms with Gasteiger partial charge in [0.05, 0.1) is 23.7 Å². The van der Waals surface area contributed by atoms with E-state index < -0.39 is 0 Å². The van der Waals surface area contributed by atoms with Crippen LogP contribution in [0.25, 0.3) is 5.69 Å². The summed E-state index contributed by atoms with van der Waals surface area (Å²) in [4.78, 5) is 12.2. The van der Waals surface area contributed by atoms with E-state index in [0.717, 1.165) is 17.0 Å². The third kappa shape index (κ3) is 3.68. The molecule has 1 atom stereocenters. The molecule has 1 amide bonds. The number of hydrogen-bond donors (Lipinski definition) is 1. The largest absolute Gasteiger partial charge is 0.467 e. The van der Waals surface area contributed by atoms with E-state index in [1.54, 1.807) is 18.7 Å². The zero-order valence-electron chi connectivity index (χ0n) is 13.5. The van der Waals surface area contributed by atoms with E-state index in [0.29, 0.717) is 11.7 Å². The molecule has 0 aliphatic rings. The van der Waals surface area contributed by atoms with E-state index in [-0.39, 0.29) is 11.2 Å². The van der Waals surface area contributed by atoms with Gasteiger partial charge in [0.2, 0.25) is 5.91 Å². The van der Waals surface area contributed by atoms with Gasteiger partial charge in [-0.3, -0.25) is 9.36 Å². The van der Waals surface area contributed by atoms with Gasteiger partial charge >= 0.3 is 0 Å². The highest BCUT2D eigenvalue weighted by Gasteiger charge is 2.18. The molecule has 0 fully saturated rings. The molecular weight excluding hydrogens is 324 g/mol. The maximum Gasteiger partial charge on any atom is 0.233 e. The molecule has 124 valence electrons. The number of para-hydroxylation sites is 1. The normalized spacial score (nSPS) is 12.1. The molecule has 3 aromatic rings. The maximum atomic E-state index is 12.2. The van der Waals surface area contributed by atoms with Crippen LogP contribution in [0.1, 0.15) is 18.2 Å². The molecule has 0 spiro atoms. The summed E-state index contributed by atoms with van der Waals surface area (Å²) in [5.41, 5.74) is 2.13. The third-order valence-electron chi connectivity index (χ3n) is 3.56. The molecule has 24 heavy (non-hydrogen) atoms. The van der Waals surface area contributed by atoms with Gasteiger partial charge in [0.1, 0.15) is 12.1 Å². The molecule has 1 aromatic carbocycles. The maximum absolute atomic E-state index is 12.2. The fourth-order valence-electron chi connectivity index (χ4n) is 2.25. The van der Waals surface area contributed by atoms with Crippen LogP contribution in [-0.2, 0) is 11.3 Å². The molecule has 0 saturated carbocycles. The first-order valence-corrected chi connectivity index (χ1v) is 8.46. The molecular formula is C17H18N4O2S. The van der Waals surface area contributed by atoms with Crippen molar-refractivity contribution in [2.45, 2.75) is 30.8 Å². The van der Waals surface area contributed by atoms with Crippen molar-refractivity contribution in [3.8, 4) is 5.69 Å². The molecule has 0 radical (unpaired) electrons. The highest BCUT2D eigenvalue weighted by Crippen LogP contribution is 2.25. The van der Waals surface area contributed by atoms with E-state index in [4.69, 9.17) is 4.42 Å². The Labute approximate surface area is 144 Å². The number of hydrogen-bond acceptors (Lipinski definition) is 5. The third-order valence-corrected chi connectivity index (χ3v) is 4.62. The van der Waals surface area contributed by atoms with Crippen LogP contribution in [-0.4, -0.2) is 25.9 Å². The summed E-state index contributed by atoms with van der Waals surface area (Å²) in [7, 11) is 0. The summed E-state index contributed by atoms with van der Waals surface area (Å²) in [5, 5.41) is 11.4. The quantitative estimate of drug-likeness (QED) is 0.697. The van der Waals surface area contributed by atoms with Crippen molar-refractivity contribution >= 4 is 17.7 Å². The van der Waals surface area contributed by atoms with Gasteiger partial charge in [0, 0.05) is 0 Å². The lowest BCUT2D eigenvalue weighted by molar-refractivity contribution is -0.120. The van der Waals surface area contributed by atoms with Crippen LogP contribution >= 0.6 is 11.8 Å². The molecule has 2 aromatic heterocycles. The molecule has 0 aliphatic heterocycles. The van der Waals surface area contributed by atoms with Crippen molar-refractivity contribution in [1.82, 2.24) is 20.1 Å². The Hall–Kier alpha value is -2.54. The fraction of sp³-hybridized carbons (Fsp3) is 0.235. The van der Waals surface area contributed by atoms with Gasteiger partial charge in [0.15, 0.2) is 5.16 Å². The average molecular weight is 342 g/mol. The predicted octanol–water partition coefficient (Wildman–Crippen LogP) is 2.97. The smallest absolute Gasteiger partial charge is 0.233 e. The van der Waals surface area contributed by atoms with Crippen molar-refractivity contribution in [1.29, 1.82) is 0 Å². The van der Waals surface area contributed by atoms with Crippen molar-refractivity contribution in [2.24, 2.45) is 0 Å². The summed E-state index contributed by atoms with van der Waals surface area (Å²) in [6.45, 7) is 4.25. The van der Waals surface area contributed by atoms with Crippen LogP contribution in [0.3, 0.4) is 0 Å². The lowest BCUT2D eigenvalue weighted by Gasteiger charge is -2.13. The Balaban J connectivity index is 1.67. The van der Waals surface area contributed by atoms with Crippen molar-refractivity contribution in [3.05, 3.63) is 60.3 Å². The van der Waals surface area contributed by atoms with Crippen molar-refractivity contribution in [2.75, 3.05) is 0 Å². The second kappa shape index (κ2) is 7.35. The van der Waals surface area contributed by atoms with Crippen molar-refractivity contribution in [3.63, 3.8) is 0 Å². The molecule has 2 heterocycles. The molecule has 3 rings (SSSR count). The van der Waals surface area contributed by atoms with Gasteiger partial charge in [-0.05, 0) is 37.6 Å². The van der Waals surface area contributed by atoms with Gasteiger partial charge in [-0.25, -0.2) is 0 Å². The SMILES string of the molecule is Cc1ccccc1-n1cnnc1S[C@@H](C)C(=O)NCc1ccco1. The summed E-state index contributed by atoms with van der Waals surface area (Å²) in [6, 6.07) is 11.6. The van der Waals surface area contributed by atoms with E-state index in [9.17, 15) is 4.79 Å². The fourth-order valence-corrected chi connectivity index (χ4v) is 3.11. The number of aromatic nitrogens is 3. The first kappa shape index (κ1) is 16.3. The Morgan fingerprint density at radius 2 is 2.17 bits per heavy atom. The highest BCUT2D eigenvalue weighted by atomic mass is 32.2. The molecule has 6 nitrogen and oxygen atoms in total. The Bertz CT molecular complexity index is 814. The zero-order valence-corrected chi connectivity index (χ0v) is 14.3. The number of carbonyl (C=O) groups excluding carboxylic acids is 1. The number of furan rings is 1. The summed E-state index contributed by atoms with van der Waals surface area (Å²) in [6.07, 6.45) is 3.25. The molecule has 0 unspecified atom stereocenters. The lowest BCUT2D eigenvalue weighted by atomic mass is 10.2. The number of amides is 1. The summed E-state index contributed by atoms with van der Waals surface area (Å²) < 4.78 is 7.11. The lowest BCUT2D eigenvalue weighted by Crippen LogP contribution is -2.30. The number of thioether (sulfide) groups is 1. The first-order chi connectivity index (χ1) is 11.6. The standard InChI is InChI=1S/C17H18N4O2S/c1-12-6-3-4-8-15(12)21-11-19-20-17(21)24-13(2)16(22)18-10-14-7-5-9-23-14/h3-9,11,13H,10H2,1-2H3,(H,18,22)/t13-/m0/s1. The Morgan fingerprint density at radius 1 is 1.33 bits per heavy atom. The van der Waals surface area contributed by atoms with Gasteiger partial charge < -0.3 is 9.73 Å². The number of aryl methyl sites for hydroxylation is 1. The van der Waals surface area contributed by atoms with Crippen LogP contribution in [0.4, 0.5) is 0 Å². The van der Waals surface area contributed by atoms with Crippen LogP contribution in [0.2, 0.25) is 0 Å². The summed E-state index contributed by atoms with van der Waals surface area (Å²) >= 11 is 1.37. The van der Waals surface area contributed by atoms with Crippen LogP contribution < -0.4 is 5.32 Å². The summed E-state index contributed by atoms with van der Waals surface area (Å²) in [5.74, 6) is 0.652. The van der Waals surface area contributed by atoms with E-state index >= 15 is 0 Å². The topological polar surface area (TPSA) is 73.0 Å². The molecule has 1 N–H and O–H groups in total. The number of carbonyl (C=O) groups is 1. The zero-order chi connectivity index (χ0) is 16.9.